The quantitative estimate of drug-likeness (QED) is 0.863. The van der Waals surface area contributed by atoms with Gasteiger partial charge in [-0.1, -0.05) is 13.8 Å². The van der Waals surface area contributed by atoms with Gasteiger partial charge in [0.25, 0.3) is 0 Å². The Morgan fingerprint density at radius 2 is 2.30 bits per heavy atom. The Morgan fingerprint density at radius 1 is 1.48 bits per heavy atom. The Morgan fingerprint density at radius 3 is 3.00 bits per heavy atom. The summed E-state index contributed by atoms with van der Waals surface area (Å²) in [6.45, 7) is 5.39. The van der Waals surface area contributed by atoms with Gasteiger partial charge < -0.3 is 10.4 Å². The number of aromatic hydroxyl groups is 1. The highest BCUT2D eigenvalue weighted by molar-refractivity contribution is 7.09. The van der Waals surface area contributed by atoms with E-state index in [1.165, 1.54) is 11.5 Å². The smallest absolute Gasteiger partial charge is 0.139 e. The van der Waals surface area contributed by atoms with Crippen LogP contribution in [0.25, 0.3) is 10.4 Å². The van der Waals surface area contributed by atoms with Gasteiger partial charge in [0.2, 0.25) is 0 Å². The molecule has 0 fully saturated rings. The molecule has 1 unspecified atom stereocenters. The molecule has 0 aliphatic heterocycles. The first-order valence-corrected chi connectivity index (χ1v) is 9.01. The summed E-state index contributed by atoms with van der Waals surface area (Å²) in [4.78, 5) is 0.678. The molecule has 0 saturated heterocycles. The van der Waals surface area contributed by atoms with Crippen molar-refractivity contribution in [3.05, 3.63) is 35.3 Å². The van der Waals surface area contributed by atoms with Gasteiger partial charge in [-0.2, -0.15) is 0 Å². The van der Waals surface area contributed by atoms with E-state index in [2.05, 4.69) is 23.5 Å². The highest BCUT2D eigenvalue weighted by Gasteiger charge is 2.26. The molecule has 3 rings (SSSR count). The van der Waals surface area contributed by atoms with Crippen LogP contribution in [0.1, 0.15) is 37.8 Å². The molecule has 1 heterocycles. The zero-order chi connectivity index (χ0) is 16.4. The third-order valence-corrected chi connectivity index (χ3v) is 5.25. The highest BCUT2D eigenvalue weighted by Crippen LogP contribution is 2.39. The Bertz CT molecular complexity index is 670. The first-order valence-electron chi connectivity index (χ1n) is 8.24. The van der Waals surface area contributed by atoms with Crippen molar-refractivity contribution >= 4 is 11.5 Å². The van der Waals surface area contributed by atoms with Gasteiger partial charge in [-0.15, -0.1) is 0 Å². The van der Waals surface area contributed by atoms with E-state index in [4.69, 9.17) is 0 Å². The van der Waals surface area contributed by atoms with Gasteiger partial charge in [-0.25, -0.2) is 8.76 Å². The topological polar surface area (TPSA) is 45.1 Å². The van der Waals surface area contributed by atoms with Crippen molar-refractivity contribution in [1.29, 1.82) is 0 Å². The lowest BCUT2D eigenvalue weighted by Gasteiger charge is -2.27. The van der Waals surface area contributed by atoms with Crippen LogP contribution < -0.4 is 5.32 Å². The summed E-state index contributed by atoms with van der Waals surface area (Å²) in [7, 11) is 0. The third-order valence-electron chi connectivity index (χ3n) is 4.49. The summed E-state index contributed by atoms with van der Waals surface area (Å²) in [6.07, 6.45) is 5.25. The lowest BCUT2D eigenvalue weighted by Crippen LogP contribution is -2.36. The Balaban J connectivity index is 1.83. The van der Waals surface area contributed by atoms with Crippen molar-refractivity contribution < 1.29 is 9.50 Å². The van der Waals surface area contributed by atoms with E-state index < -0.39 is 0 Å². The van der Waals surface area contributed by atoms with Crippen LogP contribution in [0.4, 0.5) is 4.39 Å². The number of hydrogen-bond acceptors (Lipinski definition) is 4. The van der Waals surface area contributed by atoms with Crippen molar-refractivity contribution in [3.8, 4) is 16.2 Å². The first-order chi connectivity index (χ1) is 11.1. The van der Waals surface area contributed by atoms with Crippen LogP contribution >= 0.6 is 11.5 Å². The minimum Gasteiger partial charge on any atom is -0.507 e. The molecule has 23 heavy (non-hydrogen) atoms. The SMILES string of the molecule is CC(C)CCNC1CCc2cc(O)c(-c3ccns3)c(F)c2C1. The van der Waals surface area contributed by atoms with Crippen LogP contribution in [-0.2, 0) is 12.8 Å². The molecule has 0 spiro atoms. The summed E-state index contributed by atoms with van der Waals surface area (Å²) in [5.74, 6) is 0.418. The molecule has 124 valence electrons. The van der Waals surface area contributed by atoms with Crippen molar-refractivity contribution in [2.75, 3.05) is 6.54 Å². The van der Waals surface area contributed by atoms with E-state index in [0.717, 1.165) is 36.9 Å². The highest BCUT2D eigenvalue weighted by atomic mass is 32.1. The molecule has 1 atom stereocenters. The molecule has 2 aromatic rings. The van der Waals surface area contributed by atoms with E-state index in [-0.39, 0.29) is 11.6 Å². The normalized spacial score (nSPS) is 17.5. The zero-order valence-electron chi connectivity index (χ0n) is 13.6. The monoisotopic (exact) mass is 334 g/mol. The minimum atomic E-state index is -0.278. The fourth-order valence-electron chi connectivity index (χ4n) is 3.18. The van der Waals surface area contributed by atoms with Gasteiger partial charge in [0.15, 0.2) is 0 Å². The number of aryl methyl sites for hydroxylation is 1. The number of nitrogens with zero attached hydrogens (tertiary/aromatic N) is 1. The standard InChI is InChI=1S/C18H23FN2OS/c1-11(2)5-7-20-13-4-3-12-9-15(22)17(16-6-8-21-23-16)18(19)14(12)10-13/h6,8-9,11,13,20,22H,3-5,7,10H2,1-2H3. The average Bonchev–Trinajstić information content (AvgIpc) is 3.01. The number of rotatable bonds is 5. The van der Waals surface area contributed by atoms with E-state index >= 15 is 0 Å². The second-order valence-electron chi connectivity index (χ2n) is 6.68. The molecule has 0 saturated carbocycles. The van der Waals surface area contributed by atoms with Crippen LogP contribution in [0.15, 0.2) is 18.3 Å². The summed E-state index contributed by atoms with van der Waals surface area (Å²) in [6, 6.07) is 3.79. The van der Waals surface area contributed by atoms with Gasteiger partial charge in [0, 0.05) is 12.2 Å². The van der Waals surface area contributed by atoms with E-state index in [1.807, 2.05) is 0 Å². The van der Waals surface area contributed by atoms with Crippen LogP contribution in [0, 0.1) is 11.7 Å². The fraction of sp³-hybridized carbons (Fsp3) is 0.500. The summed E-state index contributed by atoms with van der Waals surface area (Å²) in [5, 5.41) is 13.8. The van der Waals surface area contributed by atoms with Crippen LogP contribution in [0.3, 0.4) is 0 Å². The van der Waals surface area contributed by atoms with Gasteiger partial charge in [-0.05, 0) is 72.9 Å². The number of halogens is 1. The first kappa shape index (κ1) is 16.4. The predicted molar refractivity (Wildman–Crippen MR) is 92.4 cm³/mol. The van der Waals surface area contributed by atoms with Crippen molar-refractivity contribution in [1.82, 2.24) is 9.69 Å². The van der Waals surface area contributed by atoms with Crippen LogP contribution in [-0.4, -0.2) is 22.1 Å². The summed E-state index contributed by atoms with van der Waals surface area (Å²) >= 11 is 1.21. The summed E-state index contributed by atoms with van der Waals surface area (Å²) < 4.78 is 19.0. The Labute approximate surface area is 140 Å². The van der Waals surface area contributed by atoms with E-state index in [0.29, 0.717) is 28.8 Å². The lowest BCUT2D eigenvalue weighted by molar-refractivity contribution is 0.419. The maximum absolute atomic E-state index is 15.0. The third kappa shape index (κ3) is 3.56. The molecule has 0 amide bonds. The average molecular weight is 334 g/mol. The molecule has 1 aromatic carbocycles. The predicted octanol–water partition coefficient (Wildman–Crippen LogP) is 4.15. The fourth-order valence-corrected chi connectivity index (χ4v) is 3.82. The van der Waals surface area contributed by atoms with Crippen LogP contribution in [0.5, 0.6) is 5.75 Å². The lowest BCUT2D eigenvalue weighted by atomic mass is 9.86. The maximum atomic E-state index is 15.0. The molecule has 1 aromatic heterocycles. The molecular weight excluding hydrogens is 311 g/mol. The van der Waals surface area contributed by atoms with E-state index in [9.17, 15) is 9.50 Å². The summed E-state index contributed by atoms with van der Waals surface area (Å²) in [5.41, 5.74) is 1.99. The molecule has 1 aliphatic rings. The largest absolute Gasteiger partial charge is 0.507 e. The van der Waals surface area contributed by atoms with Crippen molar-refractivity contribution in [2.24, 2.45) is 5.92 Å². The molecular formula is C18H23FN2OS. The molecule has 1 aliphatic carbocycles. The van der Waals surface area contributed by atoms with Crippen LogP contribution in [0.2, 0.25) is 0 Å². The molecule has 5 heteroatoms. The second kappa shape index (κ2) is 6.97. The van der Waals surface area contributed by atoms with Crippen molar-refractivity contribution in [2.45, 2.75) is 45.6 Å². The van der Waals surface area contributed by atoms with Crippen molar-refractivity contribution in [3.63, 3.8) is 0 Å². The van der Waals surface area contributed by atoms with Gasteiger partial charge in [0.05, 0.1) is 10.4 Å². The second-order valence-corrected chi connectivity index (χ2v) is 7.51. The van der Waals surface area contributed by atoms with Gasteiger partial charge in [-0.3, -0.25) is 0 Å². The van der Waals surface area contributed by atoms with E-state index in [1.54, 1.807) is 18.3 Å². The maximum Gasteiger partial charge on any atom is 0.139 e. The Kier molecular flexibility index (Phi) is 4.97. The molecule has 3 nitrogen and oxygen atoms in total. The zero-order valence-corrected chi connectivity index (χ0v) is 14.4. The van der Waals surface area contributed by atoms with Gasteiger partial charge >= 0.3 is 0 Å². The number of aromatic nitrogens is 1. The molecule has 0 radical (unpaired) electrons. The Hall–Kier alpha value is -1.46. The number of fused-ring (bicyclic) bond motifs is 1. The number of phenols is 1. The number of hydrogen-bond donors (Lipinski definition) is 2. The molecule has 2 N–H and O–H groups in total. The number of nitrogens with one attached hydrogen (secondary N) is 1. The number of benzene rings is 1. The van der Waals surface area contributed by atoms with Gasteiger partial charge in [0.1, 0.15) is 11.6 Å². The number of phenolic OH excluding ortho intramolecular Hbond substituents is 1. The molecule has 0 bridgehead atoms. The minimum absolute atomic E-state index is 0.0247.